The normalized spacial score (nSPS) is 19.7. The van der Waals surface area contributed by atoms with Crippen LogP contribution in [0.5, 0.6) is 0 Å². The Balaban J connectivity index is 1.63. The molecular weight excluding hydrogens is 238 g/mol. The smallest absolute Gasteiger partial charge is 0.218 e. The van der Waals surface area contributed by atoms with Gasteiger partial charge in [0.2, 0.25) is 5.91 Å². The number of likely N-dealkylation sites (tertiary alicyclic amines) is 1. The lowest BCUT2D eigenvalue weighted by Crippen LogP contribution is -2.35. The van der Waals surface area contributed by atoms with Gasteiger partial charge in [0.15, 0.2) is 0 Å². The van der Waals surface area contributed by atoms with Gasteiger partial charge in [-0.25, -0.2) is 0 Å². The first-order chi connectivity index (χ1) is 9.24. The van der Waals surface area contributed by atoms with Gasteiger partial charge in [-0.15, -0.1) is 0 Å². The van der Waals surface area contributed by atoms with Crippen molar-refractivity contribution in [3.8, 4) is 0 Å². The first kappa shape index (κ1) is 14.0. The number of rotatable bonds is 7. The summed E-state index contributed by atoms with van der Waals surface area (Å²) in [6.45, 7) is 4.03. The molecule has 1 heterocycles. The maximum absolute atomic E-state index is 10.7. The number of benzene rings is 1. The summed E-state index contributed by atoms with van der Waals surface area (Å²) in [7, 11) is 0. The van der Waals surface area contributed by atoms with Crippen molar-refractivity contribution in [2.45, 2.75) is 25.3 Å². The first-order valence-electron chi connectivity index (χ1n) is 7.02. The fraction of sp³-hybridized carbons (Fsp3) is 0.533. The van der Waals surface area contributed by atoms with E-state index in [0.29, 0.717) is 19.0 Å². The van der Waals surface area contributed by atoms with Crippen LogP contribution in [0.2, 0.25) is 0 Å². The van der Waals surface area contributed by atoms with Crippen LogP contribution < -0.4 is 11.1 Å². The van der Waals surface area contributed by atoms with Crippen LogP contribution in [0.1, 0.15) is 18.4 Å². The molecule has 1 unspecified atom stereocenters. The summed E-state index contributed by atoms with van der Waals surface area (Å²) in [5.74, 6) is -0.230. The van der Waals surface area contributed by atoms with Crippen LogP contribution in [-0.2, 0) is 11.2 Å². The van der Waals surface area contributed by atoms with Gasteiger partial charge in [-0.1, -0.05) is 30.3 Å². The van der Waals surface area contributed by atoms with Crippen LogP contribution in [0, 0.1) is 0 Å². The maximum atomic E-state index is 10.7. The van der Waals surface area contributed by atoms with Crippen molar-refractivity contribution >= 4 is 5.91 Å². The van der Waals surface area contributed by atoms with Crippen molar-refractivity contribution in [3.63, 3.8) is 0 Å². The van der Waals surface area contributed by atoms with Gasteiger partial charge in [-0.3, -0.25) is 4.79 Å². The first-order valence-corrected chi connectivity index (χ1v) is 7.02. The molecule has 3 N–H and O–H groups in total. The Morgan fingerprint density at radius 3 is 2.89 bits per heavy atom. The van der Waals surface area contributed by atoms with E-state index >= 15 is 0 Å². The molecule has 1 amide bonds. The summed E-state index contributed by atoms with van der Waals surface area (Å²) >= 11 is 0. The SMILES string of the molecule is NC(=O)CCNC1CCN(CCc2ccccc2)C1. The molecule has 4 nitrogen and oxygen atoms in total. The van der Waals surface area contributed by atoms with E-state index in [0.717, 1.165) is 32.5 Å². The van der Waals surface area contributed by atoms with Crippen molar-refractivity contribution in [1.82, 2.24) is 10.2 Å². The number of carbonyl (C=O) groups excluding carboxylic acids is 1. The fourth-order valence-corrected chi connectivity index (χ4v) is 2.53. The van der Waals surface area contributed by atoms with Crippen molar-refractivity contribution in [2.24, 2.45) is 5.73 Å². The molecule has 0 bridgehead atoms. The lowest BCUT2D eigenvalue weighted by Gasteiger charge is -2.16. The van der Waals surface area contributed by atoms with E-state index in [2.05, 4.69) is 40.5 Å². The van der Waals surface area contributed by atoms with Crippen molar-refractivity contribution in [3.05, 3.63) is 35.9 Å². The maximum Gasteiger partial charge on any atom is 0.218 e. The van der Waals surface area contributed by atoms with Gasteiger partial charge in [-0.2, -0.15) is 0 Å². The summed E-state index contributed by atoms with van der Waals surface area (Å²) in [5.41, 5.74) is 6.52. The summed E-state index contributed by atoms with van der Waals surface area (Å²) in [5, 5.41) is 3.40. The van der Waals surface area contributed by atoms with Gasteiger partial charge >= 0.3 is 0 Å². The molecule has 1 aliphatic rings. The summed E-state index contributed by atoms with van der Waals surface area (Å²) in [4.78, 5) is 13.1. The number of primary amides is 1. The third-order valence-corrected chi connectivity index (χ3v) is 3.64. The van der Waals surface area contributed by atoms with Crippen LogP contribution >= 0.6 is 0 Å². The molecule has 2 rings (SSSR count). The molecule has 1 aromatic rings. The summed E-state index contributed by atoms with van der Waals surface area (Å²) in [6, 6.07) is 11.1. The van der Waals surface area contributed by atoms with E-state index < -0.39 is 0 Å². The van der Waals surface area contributed by atoms with Crippen molar-refractivity contribution < 1.29 is 4.79 Å². The van der Waals surface area contributed by atoms with Gasteiger partial charge in [0.05, 0.1) is 0 Å². The third-order valence-electron chi connectivity index (χ3n) is 3.64. The van der Waals surface area contributed by atoms with Gasteiger partial charge < -0.3 is 16.0 Å². The van der Waals surface area contributed by atoms with Gasteiger partial charge in [0.25, 0.3) is 0 Å². The molecule has 0 radical (unpaired) electrons. The van der Waals surface area contributed by atoms with Crippen LogP contribution in [0.15, 0.2) is 30.3 Å². The molecule has 4 heteroatoms. The predicted molar refractivity (Wildman–Crippen MR) is 76.8 cm³/mol. The third kappa shape index (κ3) is 5.01. The fourth-order valence-electron chi connectivity index (χ4n) is 2.53. The van der Waals surface area contributed by atoms with Crippen molar-refractivity contribution in [2.75, 3.05) is 26.2 Å². The van der Waals surface area contributed by atoms with E-state index in [1.807, 2.05) is 0 Å². The van der Waals surface area contributed by atoms with Crippen LogP contribution in [-0.4, -0.2) is 43.0 Å². The van der Waals surface area contributed by atoms with Crippen molar-refractivity contribution in [1.29, 1.82) is 0 Å². The highest BCUT2D eigenvalue weighted by Gasteiger charge is 2.21. The van der Waals surface area contributed by atoms with Gasteiger partial charge in [0, 0.05) is 32.1 Å². The molecule has 0 saturated carbocycles. The minimum absolute atomic E-state index is 0.230. The molecule has 0 aliphatic carbocycles. The van der Waals surface area contributed by atoms with Gasteiger partial charge in [0.1, 0.15) is 0 Å². The topological polar surface area (TPSA) is 58.4 Å². The predicted octanol–water partition coefficient (Wildman–Crippen LogP) is 0.768. The molecule has 1 aromatic carbocycles. The molecule has 0 spiro atoms. The highest BCUT2D eigenvalue weighted by Crippen LogP contribution is 2.10. The highest BCUT2D eigenvalue weighted by atomic mass is 16.1. The van der Waals surface area contributed by atoms with E-state index in [1.165, 1.54) is 5.56 Å². The molecule has 0 aromatic heterocycles. The van der Waals surface area contributed by atoms with Gasteiger partial charge in [-0.05, 0) is 24.9 Å². The quantitative estimate of drug-likeness (QED) is 0.762. The Morgan fingerprint density at radius 2 is 2.16 bits per heavy atom. The molecule has 19 heavy (non-hydrogen) atoms. The van der Waals surface area contributed by atoms with Crippen LogP contribution in [0.3, 0.4) is 0 Å². The standard InChI is InChI=1S/C15H23N3O/c16-15(19)6-9-17-14-8-11-18(12-14)10-7-13-4-2-1-3-5-13/h1-5,14,17H,6-12H2,(H2,16,19). The Hall–Kier alpha value is -1.39. The number of carbonyl (C=O) groups is 1. The Labute approximate surface area is 115 Å². The Bertz CT molecular complexity index is 394. The minimum atomic E-state index is -0.230. The second-order valence-corrected chi connectivity index (χ2v) is 5.19. The zero-order chi connectivity index (χ0) is 13.5. The number of hydrogen-bond donors (Lipinski definition) is 2. The number of nitrogens with zero attached hydrogens (tertiary/aromatic N) is 1. The van der Waals surface area contributed by atoms with Crippen LogP contribution in [0.25, 0.3) is 0 Å². The van der Waals surface area contributed by atoms with E-state index in [9.17, 15) is 4.79 Å². The second-order valence-electron chi connectivity index (χ2n) is 5.19. The average molecular weight is 261 g/mol. The zero-order valence-electron chi connectivity index (χ0n) is 11.3. The summed E-state index contributed by atoms with van der Waals surface area (Å²) < 4.78 is 0. The molecule has 104 valence electrons. The lowest BCUT2D eigenvalue weighted by atomic mass is 10.1. The molecular formula is C15H23N3O. The lowest BCUT2D eigenvalue weighted by molar-refractivity contribution is -0.117. The Morgan fingerprint density at radius 1 is 1.37 bits per heavy atom. The van der Waals surface area contributed by atoms with E-state index in [1.54, 1.807) is 0 Å². The highest BCUT2D eigenvalue weighted by molar-refractivity contribution is 5.73. The second kappa shape index (κ2) is 7.26. The largest absolute Gasteiger partial charge is 0.370 e. The minimum Gasteiger partial charge on any atom is -0.370 e. The number of amides is 1. The number of hydrogen-bond acceptors (Lipinski definition) is 3. The molecule has 1 atom stereocenters. The van der Waals surface area contributed by atoms with Crippen LogP contribution in [0.4, 0.5) is 0 Å². The number of nitrogens with one attached hydrogen (secondary N) is 1. The van der Waals surface area contributed by atoms with E-state index in [-0.39, 0.29) is 5.91 Å². The van der Waals surface area contributed by atoms with E-state index in [4.69, 9.17) is 5.73 Å². The molecule has 1 aliphatic heterocycles. The molecule has 1 saturated heterocycles. The summed E-state index contributed by atoms with van der Waals surface area (Å²) in [6.07, 6.45) is 2.70. The Kier molecular flexibility index (Phi) is 5.36. The molecule has 1 fully saturated rings. The number of nitrogens with two attached hydrogens (primary N) is 1. The zero-order valence-corrected chi connectivity index (χ0v) is 11.3. The average Bonchev–Trinajstić information content (AvgIpc) is 2.85. The monoisotopic (exact) mass is 261 g/mol.